The number of rotatable bonds is 7. The maximum absolute atomic E-state index is 8.77. The third kappa shape index (κ3) is 3.74. The SMILES string of the molecule is CCCCC(=N)c1c(C2=C(CN(C)C)C=CC2)ccc2ccccc12. The number of unbranched alkanes of at least 4 members (excludes halogenated alkanes) is 1. The third-order valence-electron chi connectivity index (χ3n) is 4.85. The molecule has 0 atom stereocenters. The third-order valence-corrected chi connectivity index (χ3v) is 4.85. The normalized spacial score (nSPS) is 14.1. The molecular formula is C23H28N2. The van der Waals surface area contributed by atoms with Crippen molar-refractivity contribution in [1.29, 1.82) is 5.41 Å². The van der Waals surface area contributed by atoms with Gasteiger partial charge in [-0.25, -0.2) is 0 Å². The Labute approximate surface area is 151 Å². The first-order chi connectivity index (χ1) is 12.1. The molecule has 0 fully saturated rings. The van der Waals surface area contributed by atoms with Gasteiger partial charge in [-0.3, -0.25) is 0 Å². The van der Waals surface area contributed by atoms with E-state index in [1.54, 1.807) is 0 Å². The van der Waals surface area contributed by atoms with Crippen LogP contribution < -0.4 is 0 Å². The van der Waals surface area contributed by atoms with E-state index in [0.717, 1.165) is 43.5 Å². The Morgan fingerprint density at radius 1 is 1.12 bits per heavy atom. The van der Waals surface area contributed by atoms with E-state index >= 15 is 0 Å². The van der Waals surface area contributed by atoms with Crippen LogP contribution in [0.1, 0.15) is 43.7 Å². The fraction of sp³-hybridized carbons (Fsp3) is 0.348. The molecule has 0 unspecified atom stereocenters. The van der Waals surface area contributed by atoms with E-state index in [1.807, 2.05) is 0 Å². The summed E-state index contributed by atoms with van der Waals surface area (Å²) >= 11 is 0. The summed E-state index contributed by atoms with van der Waals surface area (Å²) in [6, 6.07) is 12.9. The quantitative estimate of drug-likeness (QED) is 0.650. The lowest BCUT2D eigenvalue weighted by molar-refractivity contribution is 0.450. The molecule has 0 aliphatic heterocycles. The van der Waals surface area contributed by atoms with Gasteiger partial charge in [0, 0.05) is 17.8 Å². The van der Waals surface area contributed by atoms with Crippen LogP contribution in [0.25, 0.3) is 16.3 Å². The van der Waals surface area contributed by atoms with E-state index in [9.17, 15) is 0 Å². The molecule has 0 saturated carbocycles. The average molecular weight is 332 g/mol. The zero-order valence-electron chi connectivity index (χ0n) is 15.6. The first-order valence-corrected chi connectivity index (χ1v) is 9.25. The molecule has 130 valence electrons. The Balaban J connectivity index is 2.16. The van der Waals surface area contributed by atoms with E-state index in [4.69, 9.17) is 5.41 Å². The van der Waals surface area contributed by atoms with Crippen molar-refractivity contribution < 1.29 is 0 Å². The van der Waals surface area contributed by atoms with Crippen molar-refractivity contribution in [2.75, 3.05) is 20.6 Å². The number of hydrogen-bond acceptors (Lipinski definition) is 2. The lowest BCUT2D eigenvalue weighted by Gasteiger charge is -2.18. The van der Waals surface area contributed by atoms with Crippen LogP contribution in [0.15, 0.2) is 54.1 Å². The van der Waals surface area contributed by atoms with Crippen LogP contribution in [0.3, 0.4) is 0 Å². The minimum atomic E-state index is 0.775. The Bertz CT molecular complexity index is 840. The van der Waals surface area contributed by atoms with Crippen molar-refractivity contribution in [2.45, 2.75) is 32.6 Å². The molecule has 2 aromatic rings. The molecule has 2 heteroatoms. The first-order valence-electron chi connectivity index (χ1n) is 9.25. The van der Waals surface area contributed by atoms with Gasteiger partial charge in [0.05, 0.1) is 0 Å². The lowest BCUT2D eigenvalue weighted by atomic mass is 9.88. The number of allylic oxidation sites excluding steroid dienone is 2. The molecule has 2 nitrogen and oxygen atoms in total. The van der Waals surface area contributed by atoms with Gasteiger partial charge in [-0.15, -0.1) is 0 Å². The number of benzene rings is 2. The second-order valence-electron chi connectivity index (χ2n) is 7.14. The monoisotopic (exact) mass is 332 g/mol. The van der Waals surface area contributed by atoms with Gasteiger partial charge in [-0.05, 0) is 60.8 Å². The molecule has 0 spiro atoms. The van der Waals surface area contributed by atoms with Crippen molar-refractivity contribution >= 4 is 22.1 Å². The fourth-order valence-corrected chi connectivity index (χ4v) is 3.65. The predicted octanol–water partition coefficient (Wildman–Crippen LogP) is 5.67. The molecule has 3 rings (SSSR count). The molecule has 1 aliphatic rings. The molecule has 0 aromatic heterocycles. The van der Waals surface area contributed by atoms with Gasteiger partial charge < -0.3 is 10.3 Å². The Kier molecular flexibility index (Phi) is 5.50. The standard InChI is InChI=1S/C23H28N2/c1-4-5-13-22(24)23-20-11-7-6-9-17(20)14-15-21(23)19-12-8-10-18(19)16-25(2)3/h6-11,14-15,24H,4-5,12-13,16H2,1-3H3. The minimum Gasteiger partial charge on any atom is -0.305 e. The maximum Gasteiger partial charge on any atom is 0.0398 e. The molecule has 0 amide bonds. The molecule has 1 aliphatic carbocycles. The van der Waals surface area contributed by atoms with Crippen LogP contribution in [-0.2, 0) is 0 Å². The van der Waals surface area contributed by atoms with Crippen LogP contribution in [0.5, 0.6) is 0 Å². The highest BCUT2D eigenvalue weighted by Gasteiger charge is 2.19. The first kappa shape index (κ1) is 17.6. The summed E-state index contributed by atoms with van der Waals surface area (Å²) in [5.41, 5.74) is 5.93. The summed E-state index contributed by atoms with van der Waals surface area (Å²) in [5, 5.41) is 11.2. The van der Waals surface area contributed by atoms with Gasteiger partial charge in [0.15, 0.2) is 0 Å². The van der Waals surface area contributed by atoms with Gasteiger partial charge in [-0.2, -0.15) is 0 Å². The molecule has 2 aromatic carbocycles. The fourth-order valence-electron chi connectivity index (χ4n) is 3.65. The van der Waals surface area contributed by atoms with Gasteiger partial charge in [0.1, 0.15) is 0 Å². The summed E-state index contributed by atoms with van der Waals surface area (Å²) in [5.74, 6) is 0. The Morgan fingerprint density at radius 2 is 1.92 bits per heavy atom. The zero-order chi connectivity index (χ0) is 17.8. The molecular weight excluding hydrogens is 304 g/mol. The van der Waals surface area contributed by atoms with Crippen LogP contribution >= 0.6 is 0 Å². The van der Waals surface area contributed by atoms with E-state index < -0.39 is 0 Å². The summed E-state index contributed by atoms with van der Waals surface area (Å²) in [4.78, 5) is 2.22. The molecule has 1 N–H and O–H groups in total. The van der Waals surface area contributed by atoms with Crippen LogP contribution in [-0.4, -0.2) is 31.3 Å². The highest BCUT2D eigenvalue weighted by Crippen LogP contribution is 2.35. The molecule has 0 saturated heterocycles. The van der Waals surface area contributed by atoms with E-state index in [-0.39, 0.29) is 0 Å². The maximum atomic E-state index is 8.77. The number of nitrogens with one attached hydrogen (secondary N) is 1. The number of fused-ring (bicyclic) bond motifs is 1. The Hall–Kier alpha value is -2.19. The molecule has 0 radical (unpaired) electrons. The number of hydrogen-bond donors (Lipinski definition) is 1. The summed E-state index contributed by atoms with van der Waals surface area (Å²) in [7, 11) is 4.22. The van der Waals surface area contributed by atoms with E-state index in [2.05, 4.69) is 74.5 Å². The highest BCUT2D eigenvalue weighted by atomic mass is 15.0. The molecule has 25 heavy (non-hydrogen) atoms. The largest absolute Gasteiger partial charge is 0.305 e. The lowest BCUT2D eigenvalue weighted by Crippen LogP contribution is -2.15. The average Bonchev–Trinajstić information content (AvgIpc) is 3.05. The van der Waals surface area contributed by atoms with Crippen molar-refractivity contribution in [2.24, 2.45) is 0 Å². The van der Waals surface area contributed by atoms with Crippen LogP contribution in [0, 0.1) is 5.41 Å². The summed E-state index contributed by atoms with van der Waals surface area (Å²) < 4.78 is 0. The van der Waals surface area contributed by atoms with Crippen molar-refractivity contribution in [3.63, 3.8) is 0 Å². The van der Waals surface area contributed by atoms with Gasteiger partial charge in [0.2, 0.25) is 0 Å². The number of likely N-dealkylation sites (N-methyl/N-ethyl adjacent to an activating group) is 1. The second kappa shape index (κ2) is 7.79. The van der Waals surface area contributed by atoms with Crippen LogP contribution in [0.2, 0.25) is 0 Å². The van der Waals surface area contributed by atoms with Crippen molar-refractivity contribution in [3.8, 4) is 0 Å². The van der Waals surface area contributed by atoms with E-state index in [1.165, 1.54) is 27.5 Å². The summed E-state index contributed by atoms with van der Waals surface area (Å²) in [6.07, 6.45) is 8.52. The zero-order valence-corrected chi connectivity index (χ0v) is 15.6. The minimum absolute atomic E-state index is 0.775. The second-order valence-corrected chi connectivity index (χ2v) is 7.14. The van der Waals surface area contributed by atoms with Gasteiger partial charge in [-0.1, -0.05) is 61.9 Å². The van der Waals surface area contributed by atoms with Crippen LogP contribution in [0.4, 0.5) is 0 Å². The summed E-state index contributed by atoms with van der Waals surface area (Å²) in [6.45, 7) is 3.14. The smallest absolute Gasteiger partial charge is 0.0398 e. The predicted molar refractivity (Wildman–Crippen MR) is 110 cm³/mol. The van der Waals surface area contributed by atoms with Gasteiger partial charge in [0.25, 0.3) is 0 Å². The highest BCUT2D eigenvalue weighted by molar-refractivity contribution is 6.13. The van der Waals surface area contributed by atoms with Crippen molar-refractivity contribution in [1.82, 2.24) is 4.90 Å². The molecule has 0 bridgehead atoms. The molecule has 0 heterocycles. The topological polar surface area (TPSA) is 27.1 Å². The van der Waals surface area contributed by atoms with Gasteiger partial charge >= 0.3 is 0 Å². The van der Waals surface area contributed by atoms with Crippen molar-refractivity contribution in [3.05, 3.63) is 65.3 Å². The van der Waals surface area contributed by atoms with E-state index in [0.29, 0.717) is 0 Å². The Morgan fingerprint density at radius 3 is 2.68 bits per heavy atom. The number of nitrogens with zero attached hydrogens (tertiary/aromatic N) is 1.